The van der Waals surface area contributed by atoms with Gasteiger partial charge in [-0.3, -0.25) is 0 Å². The van der Waals surface area contributed by atoms with E-state index in [0.717, 1.165) is 0 Å². The van der Waals surface area contributed by atoms with Gasteiger partial charge in [-0.1, -0.05) is 30.3 Å². The summed E-state index contributed by atoms with van der Waals surface area (Å²) >= 11 is 0. The van der Waals surface area contributed by atoms with Crippen molar-refractivity contribution in [3.8, 4) is 0 Å². The average Bonchev–Trinajstić information content (AvgIpc) is 2.82. The number of furan rings is 1. The zero-order valence-electron chi connectivity index (χ0n) is 8.78. The van der Waals surface area contributed by atoms with E-state index in [1.54, 1.807) is 30.5 Å². The molecule has 16 heavy (non-hydrogen) atoms. The number of aliphatic hydroxyl groups is 2. The lowest BCUT2D eigenvalue weighted by Gasteiger charge is -2.16. The van der Waals surface area contributed by atoms with E-state index in [1.165, 1.54) is 0 Å². The van der Waals surface area contributed by atoms with Crippen molar-refractivity contribution < 1.29 is 14.6 Å². The van der Waals surface area contributed by atoms with Crippen molar-refractivity contribution in [2.75, 3.05) is 0 Å². The third-order valence-electron chi connectivity index (χ3n) is 2.50. The minimum absolute atomic E-state index is 0.309. The summed E-state index contributed by atoms with van der Waals surface area (Å²) in [5.41, 5.74) is 0.710. The molecule has 0 amide bonds. The molecule has 2 atom stereocenters. The third kappa shape index (κ3) is 2.51. The second-order valence-electron chi connectivity index (χ2n) is 3.71. The van der Waals surface area contributed by atoms with Crippen LogP contribution < -0.4 is 0 Å². The first-order chi connectivity index (χ1) is 7.77. The predicted octanol–water partition coefficient (Wildman–Crippen LogP) is 1.92. The van der Waals surface area contributed by atoms with Crippen LogP contribution in [0.15, 0.2) is 53.1 Å². The zero-order valence-corrected chi connectivity index (χ0v) is 8.78. The standard InChI is InChI=1S/C13H14O3/c14-12(9-11-7-4-8-16-11)13(15)10-5-2-1-3-6-10/h1-8,12-15H,9H2. The second kappa shape index (κ2) is 4.96. The SMILES string of the molecule is OC(Cc1ccco1)C(O)c1ccccc1. The highest BCUT2D eigenvalue weighted by Gasteiger charge is 2.19. The van der Waals surface area contributed by atoms with Crippen molar-refractivity contribution in [3.05, 3.63) is 60.1 Å². The number of rotatable bonds is 4. The van der Waals surface area contributed by atoms with E-state index in [4.69, 9.17) is 4.42 Å². The van der Waals surface area contributed by atoms with Gasteiger partial charge < -0.3 is 14.6 Å². The first-order valence-corrected chi connectivity index (χ1v) is 5.21. The molecule has 1 aromatic heterocycles. The van der Waals surface area contributed by atoms with Gasteiger partial charge >= 0.3 is 0 Å². The fourth-order valence-corrected chi connectivity index (χ4v) is 1.62. The Balaban J connectivity index is 2.02. The van der Waals surface area contributed by atoms with Gasteiger partial charge in [0, 0.05) is 6.42 Å². The summed E-state index contributed by atoms with van der Waals surface area (Å²) in [6, 6.07) is 12.6. The van der Waals surface area contributed by atoms with Crippen LogP contribution in [0.1, 0.15) is 17.4 Å². The van der Waals surface area contributed by atoms with Crippen LogP contribution in [0, 0.1) is 0 Å². The Morgan fingerprint density at radius 2 is 1.75 bits per heavy atom. The summed E-state index contributed by atoms with van der Waals surface area (Å²) in [6.45, 7) is 0. The van der Waals surface area contributed by atoms with Crippen LogP contribution in [0.3, 0.4) is 0 Å². The molecule has 0 saturated heterocycles. The van der Waals surface area contributed by atoms with Crippen LogP contribution in [0.4, 0.5) is 0 Å². The number of hydrogen-bond acceptors (Lipinski definition) is 3. The van der Waals surface area contributed by atoms with E-state index in [9.17, 15) is 10.2 Å². The van der Waals surface area contributed by atoms with Crippen molar-refractivity contribution in [1.82, 2.24) is 0 Å². The molecule has 0 aliphatic rings. The molecule has 3 heteroatoms. The monoisotopic (exact) mass is 218 g/mol. The van der Waals surface area contributed by atoms with Crippen molar-refractivity contribution in [1.29, 1.82) is 0 Å². The van der Waals surface area contributed by atoms with E-state index in [-0.39, 0.29) is 0 Å². The van der Waals surface area contributed by atoms with E-state index in [1.807, 2.05) is 18.2 Å². The maximum Gasteiger partial charge on any atom is 0.106 e. The first kappa shape index (κ1) is 10.9. The lowest BCUT2D eigenvalue weighted by Crippen LogP contribution is -2.20. The molecule has 2 aromatic rings. The van der Waals surface area contributed by atoms with Gasteiger partial charge in [-0.25, -0.2) is 0 Å². The largest absolute Gasteiger partial charge is 0.469 e. The molecule has 0 aliphatic heterocycles. The van der Waals surface area contributed by atoms with Gasteiger partial charge in [0.1, 0.15) is 11.9 Å². The summed E-state index contributed by atoms with van der Waals surface area (Å²) in [4.78, 5) is 0. The summed E-state index contributed by atoms with van der Waals surface area (Å²) in [5.74, 6) is 0.669. The smallest absolute Gasteiger partial charge is 0.106 e. The molecule has 84 valence electrons. The Morgan fingerprint density at radius 1 is 1.00 bits per heavy atom. The summed E-state index contributed by atoms with van der Waals surface area (Å²) < 4.78 is 5.12. The Labute approximate surface area is 94.0 Å². The highest BCUT2D eigenvalue weighted by atomic mass is 16.3. The zero-order chi connectivity index (χ0) is 11.4. The van der Waals surface area contributed by atoms with Crippen molar-refractivity contribution in [2.45, 2.75) is 18.6 Å². The molecule has 0 bridgehead atoms. The predicted molar refractivity (Wildman–Crippen MR) is 59.8 cm³/mol. The van der Waals surface area contributed by atoms with Gasteiger partial charge in [0.05, 0.1) is 12.4 Å². The Hall–Kier alpha value is -1.58. The molecular formula is C13H14O3. The normalized spacial score (nSPS) is 14.6. The maximum atomic E-state index is 9.90. The van der Waals surface area contributed by atoms with Crippen molar-refractivity contribution in [3.63, 3.8) is 0 Å². The number of aliphatic hydroxyl groups excluding tert-OH is 2. The molecule has 3 nitrogen and oxygen atoms in total. The molecule has 2 N–H and O–H groups in total. The topological polar surface area (TPSA) is 53.6 Å². The Kier molecular flexibility index (Phi) is 3.39. The van der Waals surface area contributed by atoms with Crippen LogP contribution in [-0.4, -0.2) is 16.3 Å². The fourth-order valence-electron chi connectivity index (χ4n) is 1.62. The molecule has 0 spiro atoms. The van der Waals surface area contributed by atoms with Crippen LogP contribution >= 0.6 is 0 Å². The second-order valence-corrected chi connectivity index (χ2v) is 3.71. The van der Waals surface area contributed by atoms with E-state index >= 15 is 0 Å². The molecule has 0 radical (unpaired) electrons. The summed E-state index contributed by atoms with van der Waals surface area (Å²) in [5, 5.41) is 19.7. The molecule has 1 heterocycles. The lowest BCUT2D eigenvalue weighted by molar-refractivity contribution is 0.0161. The molecular weight excluding hydrogens is 204 g/mol. The minimum atomic E-state index is -0.883. The molecule has 0 saturated carbocycles. The molecule has 0 fully saturated rings. The van der Waals surface area contributed by atoms with Gasteiger partial charge in [0.15, 0.2) is 0 Å². The van der Waals surface area contributed by atoms with E-state index in [2.05, 4.69) is 0 Å². The molecule has 0 aliphatic carbocycles. The Bertz CT molecular complexity index is 408. The van der Waals surface area contributed by atoms with Gasteiger partial charge in [0.2, 0.25) is 0 Å². The van der Waals surface area contributed by atoms with Gasteiger partial charge in [-0.15, -0.1) is 0 Å². The van der Waals surface area contributed by atoms with Gasteiger partial charge in [-0.05, 0) is 17.7 Å². The van der Waals surface area contributed by atoms with E-state index in [0.29, 0.717) is 17.7 Å². The van der Waals surface area contributed by atoms with Crippen molar-refractivity contribution >= 4 is 0 Å². The minimum Gasteiger partial charge on any atom is -0.469 e. The fraction of sp³-hybridized carbons (Fsp3) is 0.231. The quantitative estimate of drug-likeness (QED) is 0.824. The van der Waals surface area contributed by atoms with Gasteiger partial charge in [0.25, 0.3) is 0 Å². The average molecular weight is 218 g/mol. The first-order valence-electron chi connectivity index (χ1n) is 5.21. The van der Waals surface area contributed by atoms with Crippen LogP contribution in [0.5, 0.6) is 0 Å². The third-order valence-corrected chi connectivity index (χ3v) is 2.50. The summed E-state index contributed by atoms with van der Waals surface area (Å²) in [6.07, 6.45) is 0.125. The highest BCUT2D eigenvalue weighted by Crippen LogP contribution is 2.19. The van der Waals surface area contributed by atoms with Crippen molar-refractivity contribution in [2.24, 2.45) is 0 Å². The number of hydrogen-bond donors (Lipinski definition) is 2. The Morgan fingerprint density at radius 3 is 2.38 bits per heavy atom. The van der Waals surface area contributed by atoms with Gasteiger partial charge in [-0.2, -0.15) is 0 Å². The van der Waals surface area contributed by atoms with Crippen LogP contribution in [0.2, 0.25) is 0 Å². The summed E-state index contributed by atoms with van der Waals surface area (Å²) in [7, 11) is 0. The van der Waals surface area contributed by atoms with Crippen LogP contribution in [-0.2, 0) is 6.42 Å². The lowest BCUT2D eigenvalue weighted by atomic mass is 10.0. The van der Waals surface area contributed by atoms with E-state index < -0.39 is 12.2 Å². The maximum absolute atomic E-state index is 9.90. The molecule has 2 unspecified atom stereocenters. The highest BCUT2D eigenvalue weighted by molar-refractivity contribution is 5.18. The number of benzene rings is 1. The van der Waals surface area contributed by atoms with Crippen LogP contribution in [0.25, 0.3) is 0 Å². The molecule has 1 aromatic carbocycles. The molecule has 2 rings (SSSR count).